The quantitative estimate of drug-likeness (QED) is 0.745. The molecule has 0 bridgehead atoms. The zero-order valence-corrected chi connectivity index (χ0v) is 13.4. The van der Waals surface area contributed by atoms with E-state index in [1.165, 1.54) is 13.8 Å². The lowest BCUT2D eigenvalue weighted by molar-refractivity contribution is -0.137. The average Bonchev–Trinajstić information content (AvgIpc) is 2.81. The number of aliphatic carboxylic acids is 1. The minimum Gasteiger partial charge on any atom is -0.481 e. The van der Waals surface area contributed by atoms with Gasteiger partial charge in [0.2, 0.25) is 11.8 Å². The van der Waals surface area contributed by atoms with Crippen LogP contribution in [0.25, 0.3) is 0 Å². The van der Waals surface area contributed by atoms with Gasteiger partial charge in [-0.15, -0.1) is 11.8 Å². The molecule has 0 aliphatic carbocycles. The van der Waals surface area contributed by atoms with Crippen molar-refractivity contribution in [2.24, 2.45) is 0 Å². The number of imide groups is 2. The Hall–Kier alpha value is -1.83. The Morgan fingerprint density at radius 1 is 1.36 bits per heavy atom. The standard InChI is InChI=1S/C14H20N2O5S/c1-9(17)15-14(21)16(10(2)18)11-7-12(22-8-11)5-3-4-6-13(19)20/h5,11H,3-4,6-8H2,1-2H3,(H,19,20)(H,15,17,21)/b12-5+/t11-/m1/s1. The van der Waals surface area contributed by atoms with Gasteiger partial charge < -0.3 is 5.11 Å². The summed E-state index contributed by atoms with van der Waals surface area (Å²) in [6.07, 6.45) is 3.84. The van der Waals surface area contributed by atoms with Gasteiger partial charge in [-0.25, -0.2) is 4.79 Å². The summed E-state index contributed by atoms with van der Waals surface area (Å²) in [5, 5.41) is 10.7. The van der Waals surface area contributed by atoms with Crippen LogP contribution in [-0.2, 0) is 14.4 Å². The molecule has 0 aromatic carbocycles. The number of amides is 4. The maximum absolute atomic E-state index is 11.9. The third-order valence-electron chi connectivity index (χ3n) is 3.07. The number of hydrogen-bond donors (Lipinski definition) is 2. The predicted molar refractivity (Wildman–Crippen MR) is 82.2 cm³/mol. The first-order valence-electron chi connectivity index (χ1n) is 6.96. The molecule has 1 aliphatic rings. The lowest BCUT2D eigenvalue weighted by Gasteiger charge is -2.24. The molecule has 22 heavy (non-hydrogen) atoms. The fourth-order valence-electron chi connectivity index (χ4n) is 2.15. The van der Waals surface area contributed by atoms with Gasteiger partial charge in [0.05, 0.1) is 6.04 Å². The van der Waals surface area contributed by atoms with Crippen molar-refractivity contribution in [3.05, 3.63) is 11.0 Å². The molecule has 4 amide bonds. The van der Waals surface area contributed by atoms with E-state index in [9.17, 15) is 19.2 Å². The van der Waals surface area contributed by atoms with E-state index in [0.29, 0.717) is 25.0 Å². The normalized spacial score (nSPS) is 19.0. The van der Waals surface area contributed by atoms with Gasteiger partial charge in [-0.3, -0.25) is 24.6 Å². The smallest absolute Gasteiger partial charge is 0.331 e. The lowest BCUT2D eigenvalue weighted by atomic mass is 10.1. The fourth-order valence-corrected chi connectivity index (χ4v) is 3.37. The molecule has 0 spiro atoms. The number of nitrogens with one attached hydrogen (secondary N) is 1. The van der Waals surface area contributed by atoms with E-state index in [-0.39, 0.29) is 12.5 Å². The first-order chi connectivity index (χ1) is 10.3. The van der Waals surface area contributed by atoms with Gasteiger partial charge >= 0.3 is 12.0 Å². The van der Waals surface area contributed by atoms with E-state index in [4.69, 9.17) is 5.11 Å². The molecule has 8 heteroatoms. The summed E-state index contributed by atoms with van der Waals surface area (Å²) < 4.78 is 0. The molecule has 122 valence electrons. The molecule has 1 saturated heterocycles. The summed E-state index contributed by atoms with van der Waals surface area (Å²) in [6, 6.07) is -0.981. The second-order valence-electron chi connectivity index (χ2n) is 5.00. The topological polar surface area (TPSA) is 104 Å². The van der Waals surface area contributed by atoms with Crippen LogP contribution in [-0.4, -0.2) is 45.6 Å². The highest BCUT2D eigenvalue weighted by atomic mass is 32.2. The van der Waals surface area contributed by atoms with Gasteiger partial charge in [-0.2, -0.15) is 0 Å². The zero-order valence-electron chi connectivity index (χ0n) is 12.6. The number of carboxylic acid groups (broad SMARTS) is 1. The molecule has 0 aromatic heterocycles. The van der Waals surface area contributed by atoms with E-state index in [2.05, 4.69) is 5.32 Å². The van der Waals surface area contributed by atoms with Crippen LogP contribution in [0.1, 0.15) is 39.5 Å². The second kappa shape index (κ2) is 8.57. The number of unbranched alkanes of at least 4 members (excludes halogenated alkanes) is 1. The minimum atomic E-state index is -0.820. The Kier molecular flexibility index (Phi) is 7.10. The van der Waals surface area contributed by atoms with Gasteiger partial charge in [-0.05, 0) is 24.2 Å². The molecule has 1 aliphatic heterocycles. The molecular weight excluding hydrogens is 308 g/mol. The number of allylic oxidation sites excluding steroid dienone is 1. The fraction of sp³-hybridized carbons (Fsp3) is 0.571. The van der Waals surface area contributed by atoms with E-state index in [0.717, 1.165) is 9.81 Å². The molecule has 0 aromatic rings. The minimum absolute atomic E-state index is 0.123. The summed E-state index contributed by atoms with van der Waals surface area (Å²) in [7, 11) is 0. The van der Waals surface area contributed by atoms with Crippen LogP contribution < -0.4 is 5.32 Å². The van der Waals surface area contributed by atoms with Gasteiger partial charge in [0.1, 0.15) is 0 Å². The highest BCUT2D eigenvalue weighted by molar-refractivity contribution is 8.03. The van der Waals surface area contributed by atoms with E-state index in [1.807, 2.05) is 6.08 Å². The highest BCUT2D eigenvalue weighted by Gasteiger charge is 2.32. The highest BCUT2D eigenvalue weighted by Crippen LogP contribution is 2.34. The Bertz CT molecular complexity index is 503. The Balaban J connectivity index is 2.59. The number of carbonyl (C=O) groups excluding carboxylic acids is 3. The van der Waals surface area contributed by atoms with Crippen LogP contribution in [0.15, 0.2) is 11.0 Å². The Morgan fingerprint density at radius 3 is 2.59 bits per heavy atom. The third-order valence-corrected chi connectivity index (χ3v) is 4.33. The van der Waals surface area contributed by atoms with Crippen LogP contribution in [0.4, 0.5) is 4.79 Å². The van der Waals surface area contributed by atoms with Crippen LogP contribution in [0, 0.1) is 0 Å². The summed E-state index contributed by atoms with van der Waals surface area (Å²) in [5.74, 6) is -1.16. The number of carbonyl (C=O) groups is 4. The van der Waals surface area contributed by atoms with Gasteiger partial charge in [-0.1, -0.05) is 6.08 Å². The van der Waals surface area contributed by atoms with Crippen molar-refractivity contribution in [1.29, 1.82) is 0 Å². The Morgan fingerprint density at radius 2 is 2.05 bits per heavy atom. The van der Waals surface area contributed by atoms with E-state index in [1.54, 1.807) is 11.8 Å². The monoisotopic (exact) mass is 328 g/mol. The molecule has 1 fully saturated rings. The van der Waals surface area contributed by atoms with Crippen LogP contribution in [0.3, 0.4) is 0 Å². The van der Waals surface area contributed by atoms with Crippen molar-refractivity contribution < 1.29 is 24.3 Å². The summed E-state index contributed by atoms with van der Waals surface area (Å²) in [5.41, 5.74) is 0. The summed E-state index contributed by atoms with van der Waals surface area (Å²) >= 11 is 1.55. The first kappa shape index (κ1) is 18.2. The zero-order chi connectivity index (χ0) is 16.7. The number of urea groups is 1. The lowest BCUT2D eigenvalue weighted by Crippen LogP contribution is -2.49. The summed E-state index contributed by atoms with van der Waals surface area (Å²) in [6.45, 7) is 2.51. The second-order valence-corrected chi connectivity index (χ2v) is 6.15. The number of nitrogens with zero attached hydrogens (tertiary/aromatic N) is 1. The van der Waals surface area contributed by atoms with Crippen molar-refractivity contribution in [3.8, 4) is 0 Å². The molecule has 0 unspecified atom stereocenters. The maximum atomic E-state index is 11.9. The van der Waals surface area contributed by atoms with E-state index >= 15 is 0 Å². The van der Waals surface area contributed by atoms with Crippen LogP contribution in [0.5, 0.6) is 0 Å². The maximum Gasteiger partial charge on any atom is 0.331 e. The van der Waals surface area contributed by atoms with Crippen molar-refractivity contribution in [2.45, 2.75) is 45.6 Å². The van der Waals surface area contributed by atoms with E-state index < -0.39 is 23.8 Å². The molecule has 1 rings (SSSR count). The van der Waals surface area contributed by atoms with Crippen molar-refractivity contribution in [3.63, 3.8) is 0 Å². The molecule has 7 nitrogen and oxygen atoms in total. The average molecular weight is 328 g/mol. The van der Waals surface area contributed by atoms with Crippen molar-refractivity contribution in [2.75, 3.05) is 5.75 Å². The molecule has 2 N–H and O–H groups in total. The predicted octanol–water partition coefficient (Wildman–Crippen LogP) is 1.74. The Labute approximate surface area is 133 Å². The molecular formula is C14H20N2O5S. The van der Waals surface area contributed by atoms with Crippen molar-refractivity contribution in [1.82, 2.24) is 10.2 Å². The first-order valence-corrected chi connectivity index (χ1v) is 7.94. The van der Waals surface area contributed by atoms with Gasteiger partial charge in [0, 0.05) is 26.0 Å². The van der Waals surface area contributed by atoms with Crippen molar-refractivity contribution >= 4 is 35.6 Å². The summed E-state index contributed by atoms with van der Waals surface area (Å²) in [4.78, 5) is 47.1. The van der Waals surface area contributed by atoms with Crippen LogP contribution in [0.2, 0.25) is 0 Å². The number of rotatable bonds is 5. The molecule has 0 radical (unpaired) electrons. The number of hydrogen-bond acceptors (Lipinski definition) is 5. The van der Waals surface area contributed by atoms with Gasteiger partial charge in [0.25, 0.3) is 0 Å². The number of carboxylic acids is 1. The largest absolute Gasteiger partial charge is 0.481 e. The SMILES string of the molecule is CC(=O)NC(=O)N(C(C)=O)[C@H]1CS/C(=C/CCCC(=O)O)C1. The number of thioether (sulfide) groups is 1. The van der Waals surface area contributed by atoms with Gasteiger partial charge in [0.15, 0.2) is 0 Å². The third kappa shape index (κ3) is 5.88. The molecule has 1 heterocycles. The van der Waals surface area contributed by atoms with Crippen LogP contribution >= 0.6 is 11.8 Å². The molecule has 0 saturated carbocycles. The molecule has 1 atom stereocenters.